The molecule has 0 saturated heterocycles. The van der Waals surface area contributed by atoms with Crippen LogP contribution in [0.4, 0.5) is 0 Å². The molecule has 4 atom stereocenters. The second-order valence-corrected chi connectivity index (χ2v) is 7.25. The highest BCUT2D eigenvalue weighted by atomic mass is 16.2. The monoisotopic (exact) mass is 247 g/mol. The Kier molecular flexibility index (Phi) is 2.50. The molecule has 4 aliphatic rings. The first-order chi connectivity index (χ1) is 8.77. The Morgan fingerprint density at radius 2 is 1.56 bits per heavy atom. The van der Waals surface area contributed by atoms with Crippen LogP contribution in [0.25, 0.3) is 0 Å². The summed E-state index contributed by atoms with van der Waals surface area (Å²) in [6, 6.07) is 0.560. The normalized spacial score (nSPS) is 45.9. The van der Waals surface area contributed by atoms with Crippen molar-refractivity contribution in [3.63, 3.8) is 0 Å². The lowest BCUT2D eigenvalue weighted by atomic mass is 9.93. The molecule has 0 aliphatic heterocycles. The maximum atomic E-state index is 12.7. The lowest BCUT2D eigenvalue weighted by molar-refractivity contribution is -0.135. The first kappa shape index (κ1) is 11.3. The molecule has 0 aromatic carbocycles. The summed E-state index contributed by atoms with van der Waals surface area (Å²) in [5.74, 6) is 4.42. The van der Waals surface area contributed by atoms with Crippen LogP contribution < -0.4 is 0 Å². The van der Waals surface area contributed by atoms with Crippen molar-refractivity contribution in [1.82, 2.24) is 4.90 Å². The van der Waals surface area contributed by atoms with Gasteiger partial charge in [-0.1, -0.05) is 19.3 Å². The summed E-state index contributed by atoms with van der Waals surface area (Å²) in [6.45, 7) is 0. The van der Waals surface area contributed by atoms with Crippen LogP contribution in [-0.2, 0) is 4.79 Å². The molecular weight excluding hydrogens is 222 g/mol. The number of nitrogens with zero attached hydrogens (tertiary/aromatic N) is 1. The van der Waals surface area contributed by atoms with E-state index in [2.05, 4.69) is 11.9 Å². The van der Waals surface area contributed by atoms with Crippen molar-refractivity contribution >= 4 is 5.91 Å². The molecule has 18 heavy (non-hydrogen) atoms. The van der Waals surface area contributed by atoms with E-state index in [-0.39, 0.29) is 0 Å². The highest BCUT2D eigenvalue weighted by Crippen LogP contribution is 2.69. The fraction of sp³-hybridized carbons (Fsp3) is 0.938. The van der Waals surface area contributed by atoms with E-state index in [1.807, 2.05) is 0 Å². The van der Waals surface area contributed by atoms with E-state index in [1.54, 1.807) is 0 Å². The van der Waals surface area contributed by atoms with Gasteiger partial charge < -0.3 is 4.90 Å². The Balaban J connectivity index is 1.42. The zero-order valence-electron chi connectivity index (χ0n) is 11.5. The van der Waals surface area contributed by atoms with Gasteiger partial charge in [0.25, 0.3) is 0 Å². The van der Waals surface area contributed by atoms with Crippen LogP contribution in [0.3, 0.4) is 0 Å². The van der Waals surface area contributed by atoms with E-state index < -0.39 is 0 Å². The first-order valence-electron chi connectivity index (χ1n) is 8.04. The molecule has 100 valence electrons. The van der Waals surface area contributed by atoms with Gasteiger partial charge in [-0.15, -0.1) is 0 Å². The van der Waals surface area contributed by atoms with Crippen molar-refractivity contribution in [1.29, 1.82) is 0 Å². The fourth-order valence-electron chi connectivity index (χ4n) is 5.54. The Morgan fingerprint density at radius 3 is 2.17 bits per heavy atom. The molecule has 0 N–H and O–H groups in total. The molecule has 0 radical (unpaired) electrons. The zero-order chi connectivity index (χ0) is 12.3. The third-order valence-electron chi connectivity index (χ3n) is 6.49. The standard InChI is InChI=1S/C16H25NO/c1-17(12-5-3-2-4-6-12)16(18)15-13-10-7-8-11(9-10)14(13)15/h10-15H,2-9H2,1H3/t10-,11-,13-,14-/m0/s1. The van der Waals surface area contributed by atoms with Crippen LogP contribution >= 0.6 is 0 Å². The first-order valence-corrected chi connectivity index (χ1v) is 8.04. The second kappa shape index (κ2) is 3.98. The summed E-state index contributed by atoms with van der Waals surface area (Å²) in [5.41, 5.74) is 0. The van der Waals surface area contributed by atoms with Crippen molar-refractivity contribution in [2.24, 2.45) is 29.6 Å². The quantitative estimate of drug-likeness (QED) is 0.734. The zero-order valence-corrected chi connectivity index (χ0v) is 11.5. The van der Waals surface area contributed by atoms with E-state index in [1.165, 1.54) is 51.4 Å². The minimum atomic E-state index is 0.447. The van der Waals surface area contributed by atoms with Crippen LogP contribution in [0.1, 0.15) is 51.4 Å². The molecule has 4 fully saturated rings. The van der Waals surface area contributed by atoms with Crippen LogP contribution in [0.2, 0.25) is 0 Å². The van der Waals surface area contributed by atoms with Crippen molar-refractivity contribution < 1.29 is 4.79 Å². The van der Waals surface area contributed by atoms with Gasteiger partial charge in [0, 0.05) is 19.0 Å². The maximum Gasteiger partial charge on any atom is 0.226 e. The molecule has 0 aromatic heterocycles. The minimum Gasteiger partial charge on any atom is -0.343 e. The van der Waals surface area contributed by atoms with Crippen LogP contribution in [0, 0.1) is 29.6 Å². The van der Waals surface area contributed by atoms with E-state index in [0.29, 0.717) is 17.9 Å². The molecule has 4 saturated carbocycles. The number of amides is 1. The molecule has 0 aromatic rings. The van der Waals surface area contributed by atoms with Gasteiger partial charge in [0.1, 0.15) is 0 Å². The van der Waals surface area contributed by atoms with Crippen molar-refractivity contribution in [2.75, 3.05) is 7.05 Å². The van der Waals surface area contributed by atoms with Crippen molar-refractivity contribution in [3.05, 3.63) is 0 Å². The van der Waals surface area contributed by atoms with Crippen molar-refractivity contribution in [2.45, 2.75) is 57.4 Å². The molecular formula is C16H25NO. The molecule has 1 amide bonds. The van der Waals surface area contributed by atoms with Crippen LogP contribution in [-0.4, -0.2) is 23.9 Å². The molecule has 2 heteroatoms. The summed E-state index contributed by atoms with van der Waals surface area (Å²) in [5, 5.41) is 0. The average molecular weight is 247 g/mol. The smallest absolute Gasteiger partial charge is 0.226 e. The number of fused-ring (bicyclic) bond motifs is 5. The molecule has 0 heterocycles. The fourth-order valence-corrected chi connectivity index (χ4v) is 5.54. The van der Waals surface area contributed by atoms with Gasteiger partial charge in [-0.3, -0.25) is 4.79 Å². The van der Waals surface area contributed by atoms with Gasteiger partial charge in [-0.2, -0.15) is 0 Å². The molecule has 0 unspecified atom stereocenters. The molecule has 2 nitrogen and oxygen atoms in total. The number of carbonyl (C=O) groups excluding carboxylic acids is 1. The number of rotatable bonds is 2. The summed E-state index contributed by atoms with van der Waals surface area (Å²) in [6.07, 6.45) is 10.8. The highest BCUT2D eigenvalue weighted by Gasteiger charge is 2.67. The van der Waals surface area contributed by atoms with Gasteiger partial charge >= 0.3 is 0 Å². The summed E-state index contributed by atoms with van der Waals surface area (Å²) >= 11 is 0. The third kappa shape index (κ3) is 1.50. The Labute approximate surface area is 110 Å². The van der Waals surface area contributed by atoms with Gasteiger partial charge in [0.2, 0.25) is 5.91 Å². The highest BCUT2D eigenvalue weighted by molar-refractivity contribution is 5.83. The minimum absolute atomic E-state index is 0.447. The SMILES string of the molecule is CN(C(=O)C1[C@H]2[C@H]3CC[C@@H](C3)[C@H]12)C1CCCCC1. The molecule has 4 aliphatic carbocycles. The van der Waals surface area contributed by atoms with Gasteiger partial charge in [-0.05, 0) is 55.8 Å². The van der Waals surface area contributed by atoms with Gasteiger partial charge in [-0.25, -0.2) is 0 Å². The average Bonchev–Trinajstić information content (AvgIpc) is 2.85. The second-order valence-electron chi connectivity index (χ2n) is 7.25. The molecule has 4 rings (SSSR count). The van der Waals surface area contributed by atoms with Crippen LogP contribution in [0.5, 0.6) is 0 Å². The topological polar surface area (TPSA) is 20.3 Å². The van der Waals surface area contributed by atoms with E-state index in [0.717, 1.165) is 23.7 Å². The maximum absolute atomic E-state index is 12.7. The van der Waals surface area contributed by atoms with E-state index in [4.69, 9.17) is 0 Å². The Morgan fingerprint density at radius 1 is 0.944 bits per heavy atom. The van der Waals surface area contributed by atoms with Crippen LogP contribution in [0.15, 0.2) is 0 Å². The Hall–Kier alpha value is -0.530. The number of hydrogen-bond donors (Lipinski definition) is 0. The summed E-state index contributed by atoms with van der Waals surface area (Å²) < 4.78 is 0. The third-order valence-corrected chi connectivity index (χ3v) is 6.49. The number of hydrogen-bond acceptors (Lipinski definition) is 1. The summed E-state index contributed by atoms with van der Waals surface area (Å²) in [7, 11) is 2.08. The van der Waals surface area contributed by atoms with Crippen molar-refractivity contribution in [3.8, 4) is 0 Å². The predicted octanol–water partition coefficient (Wildman–Crippen LogP) is 3.07. The summed E-state index contributed by atoms with van der Waals surface area (Å²) in [4.78, 5) is 14.8. The van der Waals surface area contributed by atoms with E-state index >= 15 is 0 Å². The number of carbonyl (C=O) groups is 1. The lowest BCUT2D eigenvalue weighted by Crippen LogP contribution is -2.40. The lowest BCUT2D eigenvalue weighted by Gasteiger charge is -2.32. The predicted molar refractivity (Wildman–Crippen MR) is 70.9 cm³/mol. The Bertz CT molecular complexity index is 344. The van der Waals surface area contributed by atoms with E-state index in [9.17, 15) is 4.79 Å². The molecule has 2 bridgehead atoms. The van der Waals surface area contributed by atoms with Gasteiger partial charge in [0.05, 0.1) is 0 Å². The molecule has 0 spiro atoms. The van der Waals surface area contributed by atoms with Gasteiger partial charge in [0.15, 0.2) is 0 Å². The largest absolute Gasteiger partial charge is 0.343 e.